The molecule has 2 rings (SSSR count). The fourth-order valence-electron chi connectivity index (χ4n) is 1.72. The number of anilines is 1. The van der Waals surface area contributed by atoms with E-state index in [4.69, 9.17) is 17.0 Å². The van der Waals surface area contributed by atoms with Gasteiger partial charge in [-0.2, -0.15) is 5.10 Å². The molecule has 0 saturated heterocycles. The van der Waals surface area contributed by atoms with Crippen LogP contribution in [-0.2, 0) is 0 Å². The molecule has 0 fully saturated rings. The number of ether oxygens (including phenoxy) is 1. The van der Waals surface area contributed by atoms with E-state index in [1.54, 1.807) is 13.3 Å². The number of nitrogens with zero attached hydrogens (tertiary/aromatic N) is 1. The number of aryl methyl sites for hydroxylation is 1. The van der Waals surface area contributed by atoms with Gasteiger partial charge in [0.25, 0.3) is 0 Å². The number of nitrogens with one attached hydrogen (secondary N) is 2. The number of hydrogen-bond acceptors (Lipinski definition) is 3. The fourth-order valence-corrected chi connectivity index (χ4v) is 1.88. The van der Waals surface area contributed by atoms with Gasteiger partial charge in [0, 0.05) is 0 Å². The molecule has 5 heteroatoms. The number of hydrazone groups is 1. The average Bonchev–Trinajstić information content (AvgIpc) is 2.50. The van der Waals surface area contributed by atoms with E-state index in [2.05, 4.69) is 15.8 Å². The van der Waals surface area contributed by atoms with Crippen LogP contribution in [0.15, 0.2) is 53.6 Å². The van der Waals surface area contributed by atoms with E-state index in [9.17, 15) is 0 Å². The fraction of sp³-hybridized carbons (Fsp3) is 0.125. The quantitative estimate of drug-likeness (QED) is 0.516. The maximum absolute atomic E-state index is 5.24. The molecular weight excluding hydrogens is 282 g/mol. The largest absolute Gasteiger partial charge is 0.495 e. The number of para-hydroxylation sites is 2. The molecule has 0 unspecified atom stereocenters. The van der Waals surface area contributed by atoms with Crippen LogP contribution in [0.3, 0.4) is 0 Å². The van der Waals surface area contributed by atoms with Crippen LogP contribution in [0, 0.1) is 6.92 Å². The van der Waals surface area contributed by atoms with Gasteiger partial charge in [0.1, 0.15) is 5.75 Å². The average molecular weight is 299 g/mol. The second-order valence-electron chi connectivity index (χ2n) is 4.44. The lowest BCUT2D eigenvalue weighted by Crippen LogP contribution is -2.24. The van der Waals surface area contributed by atoms with Crippen molar-refractivity contribution in [1.29, 1.82) is 0 Å². The first kappa shape index (κ1) is 15.0. The zero-order chi connectivity index (χ0) is 15.1. The van der Waals surface area contributed by atoms with Crippen molar-refractivity contribution in [2.24, 2.45) is 5.10 Å². The van der Waals surface area contributed by atoms with Crippen LogP contribution in [0.5, 0.6) is 5.75 Å². The summed E-state index contributed by atoms with van der Waals surface area (Å²) < 4.78 is 5.24. The van der Waals surface area contributed by atoms with E-state index >= 15 is 0 Å². The summed E-state index contributed by atoms with van der Waals surface area (Å²) in [7, 11) is 1.62. The minimum absolute atomic E-state index is 0.405. The second kappa shape index (κ2) is 7.40. The van der Waals surface area contributed by atoms with Gasteiger partial charge in [0.2, 0.25) is 0 Å². The molecule has 0 aromatic heterocycles. The van der Waals surface area contributed by atoms with Gasteiger partial charge >= 0.3 is 0 Å². The van der Waals surface area contributed by atoms with E-state index in [-0.39, 0.29) is 0 Å². The van der Waals surface area contributed by atoms with Gasteiger partial charge in [-0.05, 0) is 36.8 Å². The third-order valence-electron chi connectivity index (χ3n) is 2.81. The smallest absolute Gasteiger partial charge is 0.191 e. The Morgan fingerprint density at radius 1 is 1.14 bits per heavy atom. The summed E-state index contributed by atoms with van der Waals surface area (Å²) in [6.07, 6.45) is 1.72. The molecule has 0 aliphatic carbocycles. The zero-order valence-electron chi connectivity index (χ0n) is 12.0. The van der Waals surface area contributed by atoms with Gasteiger partial charge in [-0.25, -0.2) is 0 Å². The van der Waals surface area contributed by atoms with Gasteiger partial charge in [0.05, 0.1) is 19.0 Å². The van der Waals surface area contributed by atoms with Crippen molar-refractivity contribution in [2.75, 3.05) is 12.4 Å². The predicted molar refractivity (Wildman–Crippen MR) is 91.1 cm³/mol. The number of thiocarbonyl (C=S) groups is 1. The van der Waals surface area contributed by atoms with Crippen LogP contribution < -0.4 is 15.5 Å². The summed E-state index contributed by atoms with van der Waals surface area (Å²) in [5.41, 5.74) is 5.80. The first-order valence-corrected chi connectivity index (χ1v) is 6.89. The Kier molecular flexibility index (Phi) is 5.29. The molecule has 0 amide bonds. The molecule has 0 spiro atoms. The summed E-state index contributed by atoms with van der Waals surface area (Å²) in [6.45, 7) is 2.05. The standard InChI is InChI=1S/C16H17N3OS/c1-12-7-9-13(10-8-12)11-17-19-16(21)18-14-5-3-4-6-15(14)20-2/h3-11H,1-2H3,(H2,18,19,21)/b17-11+. The Morgan fingerprint density at radius 3 is 2.57 bits per heavy atom. The first-order chi connectivity index (χ1) is 10.2. The molecule has 108 valence electrons. The van der Waals surface area contributed by atoms with E-state index in [0.717, 1.165) is 17.0 Å². The third kappa shape index (κ3) is 4.57. The first-order valence-electron chi connectivity index (χ1n) is 6.49. The maximum Gasteiger partial charge on any atom is 0.191 e. The Labute approximate surface area is 129 Å². The van der Waals surface area contributed by atoms with E-state index in [1.165, 1.54) is 5.56 Å². The lowest BCUT2D eigenvalue weighted by molar-refractivity contribution is 0.417. The Hall–Kier alpha value is -2.40. The highest BCUT2D eigenvalue weighted by molar-refractivity contribution is 7.80. The molecule has 0 radical (unpaired) electrons. The van der Waals surface area contributed by atoms with Crippen molar-refractivity contribution < 1.29 is 4.74 Å². The zero-order valence-corrected chi connectivity index (χ0v) is 12.8. The van der Waals surface area contributed by atoms with E-state index in [0.29, 0.717) is 5.11 Å². The molecule has 2 aromatic rings. The molecule has 0 saturated carbocycles. The molecule has 2 N–H and O–H groups in total. The Morgan fingerprint density at radius 2 is 1.86 bits per heavy atom. The summed E-state index contributed by atoms with van der Waals surface area (Å²) >= 11 is 5.19. The number of hydrogen-bond donors (Lipinski definition) is 2. The summed E-state index contributed by atoms with van der Waals surface area (Å²) in [5.74, 6) is 0.726. The van der Waals surface area contributed by atoms with Crippen molar-refractivity contribution in [3.63, 3.8) is 0 Å². The van der Waals surface area contributed by atoms with Crippen LogP contribution >= 0.6 is 12.2 Å². The molecule has 0 aliphatic heterocycles. The minimum atomic E-state index is 0.405. The van der Waals surface area contributed by atoms with Gasteiger partial charge in [0.15, 0.2) is 5.11 Å². The summed E-state index contributed by atoms with van der Waals surface area (Å²) in [6, 6.07) is 15.6. The summed E-state index contributed by atoms with van der Waals surface area (Å²) in [4.78, 5) is 0. The third-order valence-corrected chi connectivity index (χ3v) is 3.01. The van der Waals surface area contributed by atoms with Crippen molar-refractivity contribution in [3.8, 4) is 5.75 Å². The van der Waals surface area contributed by atoms with Gasteiger partial charge < -0.3 is 10.1 Å². The van der Waals surface area contributed by atoms with E-state index in [1.807, 2.05) is 55.5 Å². The second-order valence-corrected chi connectivity index (χ2v) is 4.84. The van der Waals surface area contributed by atoms with Crippen LogP contribution in [0.25, 0.3) is 0 Å². The van der Waals surface area contributed by atoms with Crippen molar-refractivity contribution >= 4 is 29.2 Å². The van der Waals surface area contributed by atoms with Crippen LogP contribution in [0.1, 0.15) is 11.1 Å². The highest BCUT2D eigenvalue weighted by Gasteiger charge is 2.02. The lowest BCUT2D eigenvalue weighted by Gasteiger charge is -2.10. The number of benzene rings is 2. The van der Waals surface area contributed by atoms with Gasteiger partial charge in [-0.1, -0.05) is 42.0 Å². The molecule has 0 aliphatic rings. The SMILES string of the molecule is COc1ccccc1NC(=S)N/N=C/c1ccc(C)cc1. The maximum atomic E-state index is 5.24. The topological polar surface area (TPSA) is 45.6 Å². The summed E-state index contributed by atoms with van der Waals surface area (Å²) in [5, 5.41) is 7.55. The highest BCUT2D eigenvalue weighted by atomic mass is 32.1. The van der Waals surface area contributed by atoms with Crippen molar-refractivity contribution in [1.82, 2.24) is 5.43 Å². The number of rotatable bonds is 4. The highest BCUT2D eigenvalue weighted by Crippen LogP contribution is 2.22. The van der Waals surface area contributed by atoms with Crippen LogP contribution in [-0.4, -0.2) is 18.4 Å². The van der Waals surface area contributed by atoms with E-state index < -0.39 is 0 Å². The van der Waals surface area contributed by atoms with Gasteiger partial charge in [-0.3, -0.25) is 5.43 Å². The van der Waals surface area contributed by atoms with Crippen molar-refractivity contribution in [3.05, 3.63) is 59.7 Å². The minimum Gasteiger partial charge on any atom is -0.495 e. The number of methoxy groups -OCH3 is 1. The molecule has 0 heterocycles. The molecule has 2 aromatic carbocycles. The molecule has 0 atom stereocenters. The monoisotopic (exact) mass is 299 g/mol. The Bertz CT molecular complexity index is 638. The van der Waals surface area contributed by atoms with Crippen LogP contribution in [0.2, 0.25) is 0 Å². The molecule has 21 heavy (non-hydrogen) atoms. The Balaban J connectivity index is 1.91. The molecule has 4 nitrogen and oxygen atoms in total. The predicted octanol–water partition coefficient (Wildman–Crippen LogP) is 3.32. The van der Waals surface area contributed by atoms with Crippen molar-refractivity contribution in [2.45, 2.75) is 6.92 Å². The molecule has 0 bridgehead atoms. The lowest BCUT2D eigenvalue weighted by atomic mass is 10.2. The molecular formula is C16H17N3OS. The van der Waals surface area contributed by atoms with Crippen LogP contribution in [0.4, 0.5) is 5.69 Å². The normalized spacial score (nSPS) is 10.4. The van der Waals surface area contributed by atoms with Gasteiger partial charge in [-0.15, -0.1) is 0 Å².